The van der Waals surface area contributed by atoms with E-state index in [0.717, 1.165) is 11.3 Å². The van der Waals surface area contributed by atoms with Gasteiger partial charge in [-0.05, 0) is 41.5 Å². The van der Waals surface area contributed by atoms with Gasteiger partial charge in [-0.15, -0.1) is 0 Å². The van der Waals surface area contributed by atoms with Crippen molar-refractivity contribution in [3.63, 3.8) is 0 Å². The van der Waals surface area contributed by atoms with Gasteiger partial charge in [-0.2, -0.15) is 0 Å². The average molecular weight is 579 g/mol. The first-order chi connectivity index (χ1) is 19.5. The Morgan fingerprint density at radius 1 is 0.857 bits per heavy atom. The minimum atomic E-state index is -1.02. The van der Waals surface area contributed by atoms with Crippen molar-refractivity contribution in [1.82, 2.24) is 10.2 Å². The molecule has 42 heavy (non-hydrogen) atoms. The minimum Gasteiger partial charge on any atom is -0.481 e. The number of piperazine rings is 1. The molecule has 2 aromatic rings. The van der Waals surface area contributed by atoms with E-state index in [-0.39, 0.29) is 29.1 Å². The Morgan fingerprint density at radius 2 is 1.45 bits per heavy atom. The molecule has 3 amide bonds. The molecule has 1 atom stereocenters. The fourth-order valence-electron chi connectivity index (χ4n) is 4.96. The Balaban J connectivity index is 1.85. The zero-order chi connectivity index (χ0) is 31.2. The molecule has 0 spiro atoms. The number of carboxylic acid groups (broad SMARTS) is 1. The molecule has 1 saturated heterocycles. The first-order valence-electron chi connectivity index (χ1n) is 14.6. The van der Waals surface area contributed by atoms with Crippen LogP contribution in [0, 0.1) is 17.8 Å². The molecule has 1 unspecified atom stereocenters. The maximum Gasteiger partial charge on any atom is 0.305 e. The molecule has 9 heteroatoms. The molecular formula is C33H46N4O5. The lowest BCUT2D eigenvalue weighted by Gasteiger charge is -2.38. The summed E-state index contributed by atoms with van der Waals surface area (Å²) >= 11 is 0. The molecular weight excluding hydrogens is 532 g/mol. The van der Waals surface area contributed by atoms with Gasteiger partial charge >= 0.3 is 5.97 Å². The molecule has 1 heterocycles. The molecule has 9 nitrogen and oxygen atoms in total. The molecule has 0 saturated carbocycles. The van der Waals surface area contributed by atoms with Gasteiger partial charge in [0, 0.05) is 44.6 Å². The summed E-state index contributed by atoms with van der Waals surface area (Å²) < 4.78 is 0. The van der Waals surface area contributed by atoms with Crippen LogP contribution in [0.25, 0.3) is 0 Å². The molecule has 0 aromatic heterocycles. The van der Waals surface area contributed by atoms with Crippen molar-refractivity contribution in [2.75, 3.05) is 36.4 Å². The van der Waals surface area contributed by atoms with Gasteiger partial charge in [0.05, 0.1) is 23.8 Å². The molecule has 228 valence electrons. The largest absolute Gasteiger partial charge is 0.481 e. The smallest absolute Gasteiger partial charge is 0.305 e. The number of carbonyl (C=O) groups excluding carboxylic acids is 3. The van der Waals surface area contributed by atoms with Crippen LogP contribution in [-0.4, -0.2) is 59.9 Å². The Hall–Kier alpha value is -3.88. The number of aliphatic carboxylic acids is 1. The van der Waals surface area contributed by atoms with Gasteiger partial charge in [0.1, 0.15) is 0 Å². The molecule has 0 radical (unpaired) electrons. The Kier molecular flexibility index (Phi) is 10.4. The van der Waals surface area contributed by atoms with Gasteiger partial charge in [-0.3, -0.25) is 19.2 Å². The normalized spacial score (nSPS) is 14.7. The first-order valence-corrected chi connectivity index (χ1v) is 14.6. The third kappa shape index (κ3) is 9.89. The van der Waals surface area contributed by atoms with Crippen LogP contribution in [0.4, 0.5) is 11.4 Å². The van der Waals surface area contributed by atoms with Crippen molar-refractivity contribution >= 4 is 35.1 Å². The van der Waals surface area contributed by atoms with Gasteiger partial charge in [0.25, 0.3) is 5.91 Å². The molecule has 2 aromatic carbocycles. The molecule has 3 rings (SSSR count). The van der Waals surface area contributed by atoms with Crippen molar-refractivity contribution in [1.29, 1.82) is 0 Å². The first kappa shape index (κ1) is 32.6. The second kappa shape index (κ2) is 13.4. The number of anilines is 2. The van der Waals surface area contributed by atoms with Crippen molar-refractivity contribution in [3.05, 3.63) is 59.2 Å². The van der Waals surface area contributed by atoms with Crippen LogP contribution in [0.3, 0.4) is 0 Å². The van der Waals surface area contributed by atoms with Crippen LogP contribution in [0.1, 0.15) is 88.3 Å². The van der Waals surface area contributed by atoms with E-state index in [9.17, 15) is 24.3 Å². The topological polar surface area (TPSA) is 119 Å². The van der Waals surface area contributed by atoms with E-state index in [4.69, 9.17) is 0 Å². The predicted molar refractivity (Wildman–Crippen MR) is 166 cm³/mol. The second-order valence-electron chi connectivity index (χ2n) is 13.7. The number of benzene rings is 2. The van der Waals surface area contributed by atoms with Gasteiger partial charge in [-0.25, -0.2) is 0 Å². The SMILES string of the molecule is Cc1ccc(C(CC(=O)O)NC(=O)c2ccc(N3CCN(C(=O)CC(C)(C)C)CC3)c(NC(=O)CC(C)(C)C)c2)cc1. The van der Waals surface area contributed by atoms with E-state index < -0.39 is 17.9 Å². The number of nitrogens with one attached hydrogen (secondary N) is 2. The number of nitrogens with zero attached hydrogens (tertiary/aromatic N) is 2. The highest BCUT2D eigenvalue weighted by Crippen LogP contribution is 2.31. The number of hydrogen-bond donors (Lipinski definition) is 3. The maximum atomic E-state index is 13.4. The average Bonchev–Trinajstić information content (AvgIpc) is 2.86. The molecule has 1 aliphatic rings. The fraction of sp³-hybridized carbons (Fsp3) is 0.515. The van der Waals surface area contributed by atoms with Crippen LogP contribution in [0.5, 0.6) is 0 Å². The molecule has 3 N–H and O–H groups in total. The molecule has 1 fully saturated rings. The number of hydrogen-bond acceptors (Lipinski definition) is 5. The summed E-state index contributed by atoms with van der Waals surface area (Å²) in [6, 6.07) is 11.8. The summed E-state index contributed by atoms with van der Waals surface area (Å²) in [6.07, 6.45) is 0.517. The van der Waals surface area contributed by atoms with Crippen molar-refractivity contribution in [2.45, 2.75) is 73.8 Å². The standard InChI is InChI=1S/C33H46N4O5/c1-22-8-10-23(11-9-22)25(19-30(40)41)35-31(42)24-12-13-27(26(18-24)34-28(38)20-32(2,3)4)36-14-16-37(17-15-36)29(39)21-33(5,6)7/h8-13,18,25H,14-17,19-21H2,1-7H3,(H,34,38)(H,35,42)(H,40,41). The fourth-order valence-corrected chi connectivity index (χ4v) is 4.96. The molecule has 0 bridgehead atoms. The van der Waals surface area contributed by atoms with E-state index in [2.05, 4.69) is 36.3 Å². The maximum absolute atomic E-state index is 13.4. The quantitative estimate of drug-likeness (QED) is 0.367. The van der Waals surface area contributed by atoms with Crippen molar-refractivity contribution in [2.24, 2.45) is 10.8 Å². The van der Waals surface area contributed by atoms with Gasteiger partial charge < -0.3 is 25.5 Å². The summed E-state index contributed by atoms with van der Waals surface area (Å²) in [5.74, 6) is -1.48. The highest BCUT2D eigenvalue weighted by Gasteiger charge is 2.27. The predicted octanol–water partition coefficient (Wildman–Crippen LogP) is 5.40. The Morgan fingerprint density at radius 3 is 2.00 bits per heavy atom. The molecule has 1 aliphatic heterocycles. The van der Waals surface area contributed by atoms with Crippen molar-refractivity contribution in [3.8, 4) is 0 Å². The van der Waals surface area contributed by atoms with Crippen LogP contribution in [-0.2, 0) is 14.4 Å². The third-order valence-electron chi connectivity index (χ3n) is 7.04. The highest BCUT2D eigenvalue weighted by atomic mass is 16.4. The highest BCUT2D eigenvalue weighted by molar-refractivity contribution is 6.00. The van der Waals surface area contributed by atoms with Gasteiger partial charge in [0.15, 0.2) is 0 Å². The van der Waals surface area contributed by atoms with E-state index in [0.29, 0.717) is 55.8 Å². The summed E-state index contributed by atoms with van der Waals surface area (Å²) in [5.41, 5.74) is 3.02. The monoisotopic (exact) mass is 578 g/mol. The van der Waals surface area contributed by atoms with E-state index in [1.54, 1.807) is 12.1 Å². The van der Waals surface area contributed by atoms with E-state index in [1.165, 1.54) is 0 Å². The number of rotatable bonds is 9. The number of aryl methyl sites for hydroxylation is 1. The van der Waals surface area contributed by atoms with Crippen LogP contribution < -0.4 is 15.5 Å². The third-order valence-corrected chi connectivity index (χ3v) is 7.04. The summed E-state index contributed by atoms with van der Waals surface area (Å²) in [6.45, 7) is 16.4. The lowest BCUT2D eigenvalue weighted by atomic mass is 9.91. The van der Waals surface area contributed by atoms with E-state index in [1.807, 2.05) is 62.9 Å². The number of amides is 3. The lowest BCUT2D eigenvalue weighted by molar-refractivity contribution is -0.137. The van der Waals surface area contributed by atoms with Crippen LogP contribution >= 0.6 is 0 Å². The van der Waals surface area contributed by atoms with Gasteiger partial charge in [-0.1, -0.05) is 71.4 Å². The summed E-state index contributed by atoms with van der Waals surface area (Å²) in [7, 11) is 0. The number of carbonyl (C=O) groups is 4. The zero-order valence-corrected chi connectivity index (χ0v) is 26.0. The van der Waals surface area contributed by atoms with Crippen LogP contribution in [0.15, 0.2) is 42.5 Å². The Bertz CT molecular complexity index is 1280. The Labute approximate surface area is 249 Å². The second-order valence-corrected chi connectivity index (χ2v) is 13.7. The molecule has 0 aliphatic carbocycles. The number of carboxylic acids is 1. The lowest BCUT2D eigenvalue weighted by Crippen LogP contribution is -2.49. The summed E-state index contributed by atoms with van der Waals surface area (Å²) in [4.78, 5) is 54.7. The van der Waals surface area contributed by atoms with Crippen LogP contribution in [0.2, 0.25) is 0 Å². The van der Waals surface area contributed by atoms with Gasteiger partial charge in [0.2, 0.25) is 11.8 Å². The minimum absolute atomic E-state index is 0.0853. The van der Waals surface area contributed by atoms with Crippen molar-refractivity contribution < 1.29 is 24.3 Å². The van der Waals surface area contributed by atoms with E-state index >= 15 is 0 Å². The summed E-state index contributed by atoms with van der Waals surface area (Å²) in [5, 5.41) is 15.4. The zero-order valence-electron chi connectivity index (χ0n) is 26.0.